The van der Waals surface area contributed by atoms with Gasteiger partial charge >= 0.3 is 251 Å². The second-order valence-electron chi connectivity index (χ2n) is 9.10. The summed E-state index contributed by atoms with van der Waals surface area (Å²) in [6, 6.07) is 2.25. The van der Waals surface area contributed by atoms with Gasteiger partial charge in [0.15, 0.2) is 0 Å². The van der Waals surface area contributed by atoms with Crippen molar-refractivity contribution in [1.29, 1.82) is 0 Å². The molecule has 0 atom stereocenters. The first kappa shape index (κ1) is 33.4. The Morgan fingerprint density at radius 2 is 1.35 bits per heavy atom. The first-order valence-corrected chi connectivity index (χ1v) is 28.4. The van der Waals surface area contributed by atoms with Crippen LogP contribution >= 0.6 is 15.9 Å². The van der Waals surface area contributed by atoms with Crippen molar-refractivity contribution >= 4 is 133 Å². The van der Waals surface area contributed by atoms with E-state index in [4.69, 9.17) is 0 Å². The van der Waals surface area contributed by atoms with E-state index in [1.807, 2.05) is 0 Å². The van der Waals surface area contributed by atoms with Crippen LogP contribution in [0.5, 0.6) is 0 Å². The standard InChI is InChI=1S/C9H11BrSeSi.C9H12Se2Si.C6H4Se2.Li.H2O/c2*1-12(2,3)5-4-8-6-11-7-9(8)10;1-2-8-6-4-7-3-5(1)6;;/h6-7H,1-3H3;6-7,10H,1-3H3;1-4H;;1H2/q;;;+1;/p-1. The Kier molecular flexibility index (Phi) is 16.1. The molecule has 1 nitrogen and oxygen atoms in total. The minimum absolute atomic E-state index is 0. The number of halogens is 1. The van der Waals surface area contributed by atoms with Gasteiger partial charge in [-0.1, -0.05) is 0 Å². The summed E-state index contributed by atoms with van der Waals surface area (Å²) in [5.41, 5.74) is 9.31. The van der Waals surface area contributed by atoms with Crippen molar-refractivity contribution < 1.29 is 5.48 Å². The molecule has 34 heavy (non-hydrogen) atoms. The van der Waals surface area contributed by atoms with Crippen LogP contribution in [-0.2, 0) is 0 Å². The van der Waals surface area contributed by atoms with Gasteiger partial charge < -0.3 is 5.48 Å². The van der Waals surface area contributed by atoms with E-state index >= 15 is 0 Å². The third-order valence-electron chi connectivity index (χ3n) is 3.70. The van der Waals surface area contributed by atoms with Crippen LogP contribution in [0, 0.1) is 22.9 Å². The average Bonchev–Trinajstić information content (AvgIpc) is 3.49. The molecular formula is C24H28BrLiOSe5Si2. The Labute approximate surface area is 253 Å². The molecule has 4 aromatic heterocycles. The number of fused-ring (bicyclic) bond motifs is 1. The molecule has 0 aliphatic carbocycles. The zero-order chi connectivity index (χ0) is 24.5. The van der Waals surface area contributed by atoms with Crippen molar-refractivity contribution in [2.45, 2.75) is 39.3 Å². The fourth-order valence-electron chi connectivity index (χ4n) is 2.11. The maximum absolute atomic E-state index is 3.49. The Bertz CT molecular complexity index is 1220. The van der Waals surface area contributed by atoms with Crippen molar-refractivity contribution in [1.82, 2.24) is 0 Å². The zero-order valence-corrected chi connectivity index (χ0v) is 32.7. The fourth-order valence-corrected chi connectivity index (χ4v) is 14.3. The molecule has 176 valence electrons. The van der Waals surface area contributed by atoms with Crippen molar-refractivity contribution in [2.75, 3.05) is 0 Å². The second-order valence-corrected chi connectivity index (χ2v) is 27.9. The first-order chi connectivity index (χ1) is 15.5. The van der Waals surface area contributed by atoms with Gasteiger partial charge in [0, 0.05) is 0 Å². The molecule has 4 heterocycles. The van der Waals surface area contributed by atoms with E-state index in [0.29, 0.717) is 70.8 Å². The van der Waals surface area contributed by atoms with Crippen LogP contribution in [0.2, 0.25) is 39.3 Å². The van der Waals surface area contributed by atoms with Crippen LogP contribution in [0.25, 0.3) is 9.65 Å². The quantitative estimate of drug-likeness (QED) is 0.208. The van der Waals surface area contributed by atoms with E-state index < -0.39 is 16.1 Å². The molecular weight excluding hydrogens is 842 g/mol. The van der Waals surface area contributed by atoms with E-state index in [0.717, 1.165) is 0 Å². The van der Waals surface area contributed by atoms with Crippen molar-refractivity contribution in [3.05, 3.63) is 56.2 Å². The number of hydrogen-bond acceptors (Lipinski definition) is 0. The summed E-state index contributed by atoms with van der Waals surface area (Å²) in [5, 5.41) is 1.52. The molecule has 0 spiro atoms. The van der Waals surface area contributed by atoms with Gasteiger partial charge in [-0.05, 0) is 0 Å². The van der Waals surface area contributed by atoms with Crippen molar-refractivity contribution in [3.63, 3.8) is 0 Å². The van der Waals surface area contributed by atoms with Gasteiger partial charge in [0.05, 0.1) is 0 Å². The van der Waals surface area contributed by atoms with Crippen LogP contribution in [0.3, 0.4) is 0 Å². The predicted octanol–water partition coefficient (Wildman–Crippen LogP) is 3.25. The average molecular weight is 870 g/mol. The van der Waals surface area contributed by atoms with Crippen LogP contribution in [0.15, 0.2) is 45.1 Å². The van der Waals surface area contributed by atoms with Crippen LogP contribution in [0.1, 0.15) is 11.1 Å². The zero-order valence-electron chi connectivity index (χ0n) is 20.5. The van der Waals surface area contributed by atoms with Crippen molar-refractivity contribution in [2.24, 2.45) is 0 Å². The molecule has 0 saturated carbocycles. The molecule has 0 radical (unpaired) electrons. The minimum atomic E-state index is -1.20. The van der Waals surface area contributed by atoms with E-state index in [1.54, 1.807) is 4.26 Å². The summed E-state index contributed by atoms with van der Waals surface area (Å²) in [6.07, 6.45) is 0. The maximum atomic E-state index is 3.49. The van der Waals surface area contributed by atoms with E-state index in [2.05, 4.69) is 135 Å². The van der Waals surface area contributed by atoms with Gasteiger partial charge in [-0.3, -0.25) is 0 Å². The Hall–Kier alpha value is 1.37. The normalized spacial score (nSPS) is 10.4. The summed E-state index contributed by atoms with van der Waals surface area (Å²) in [4.78, 5) is 16.2. The summed E-state index contributed by atoms with van der Waals surface area (Å²) < 4.78 is 4.34. The summed E-state index contributed by atoms with van der Waals surface area (Å²) in [6.45, 7) is 13.7. The van der Waals surface area contributed by atoms with Gasteiger partial charge in [0.25, 0.3) is 0 Å². The molecule has 0 saturated heterocycles. The topological polar surface area (TPSA) is 31.5 Å². The van der Waals surface area contributed by atoms with Gasteiger partial charge in [-0.25, -0.2) is 0 Å². The molecule has 2 N–H and O–H groups in total. The molecule has 0 aromatic carbocycles. The Morgan fingerprint density at radius 3 is 1.88 bits per heavy atom. The molecule has 0 amide bonds. The van der Waals surface area contributed by atoms with Crippen LogP contribution in [0.4, 0.5) is 0 Å². The number of hydrogen-bond donors (Lipinski definition) is 0. The molecule has 0 aliphatic heterocycles. The van der Waals surface area contributed by atoms with Crippen molar-refractivity contribution in [3.8, 4) is 22.9 Å². The molecule has 4 aromatic rings. The van der Waals surface area contributed by atoms with Gasteiger partial charge in [0.1, 0.15) is 0 Å². The van der Waals surface area contributed by atoms with E-state index in [-0.39, 0.29) is 5.48 Å². The summed E-state index contributed by atoms with van der Waals surface area (Å²) in [5.74, 6) is 6.60. The monoisotopic (exact) mass is 874 g/mol. The summed E-state index contributed by atoms with van der Waals surface area (Å²) in [7, 11) is -2.38. The molecule has 0 aliphatic rings. The first-order valence-electron chi connectivity index (χ1n) is 10.3. The molecule has 10 heteroatoms. The van der Waals surface area contributed by atoms with E-state index in [1.165, 1.54) is 25.4 Å². The summed E-state index contributed by atoms with van der Waals surface area (Å²) >= 11 is 8.91. The van der Waals surface area contributed by atoms with Gasteiger partial charge in [-0.2, -0.15) is 0 Å². The van der Waals surface area contributed by atoms with Crippen LogP contribution < -0.4 is 4.46 Å². The Morgan fingerprint density at radius 1 is 0.794 bits per heavy atom. The second kappa shape index (κ2) is 16.4. The molecule has 0 unspecified atom stereocenters. The third kappa shape index (κ3) is 13.2. The Balaban J connectivity index is 0.000000257. The predicted molar refractivity (Wildman–Crippen MR) is 167 cm³/mol. The number of rotatable bonds is 1. The van der Waals surface area contributed by atoms with Crippen LogP contribution in [-0.4, -0.2) is 108 Å². The van der Waals surface area contributed by atoms with E-state index in [9.17, 15) is 0 Å². The molecule has 4 rings (SSSR count). The fraction of sp³-hybridized carbons (Fsp3) is 0.250. The van der Waals surface area contributed by atoms with Gasteiger partial charge in [0.2, 0.25) is 0 Å². The molecule has 0 fully saturated rings. The SMILES string of the molecule is C[Si](C)(C)C#Cc1c[se]cc1Br.O.[Li][Se]c1c[se]cc1C#C[Si](C)(C)C.c1cc2c[se]cc2[se]1. The van der Waals surface area contributed by atoms with Gasteiger partial charge in [-0.15, -0.1) is 0 Å². The third-order valence-corrected chi connectivity index (χ3v) is 16.5. The molecule has 0 bridgehead atoms.